The summed E-state index contributed by atoms with van der Waals surface area (Å²) >= 11 is 0. The van der Waals surface area contributed by atoms with Crippen LogP contribution in [-0.2, 0) is 0 Å². The van der Waals surface area contributed by atoms with Crippen LogP contribution < -0.4 is 18.9 Å². The molecule has 0 spiro atoms. The van der Waals surface area contributed by atoms with E-state index in [1.807, 2.05) is 0 Å². The summed E-state index contributed by atoms with van der Waals surface area (Å²) in [6.07, 6.45) is 0. The van der Waals surface area contributed by atoms with Crippen molar-refractivity contribution >= 4 is 16.1 Å². The summed E-state index contributed by atoms with van der Waals surface area (Å²) in [5.74, 6) is 0. The number of rotatable bonds is 0. The Morgan fingerprint density at radius 2 is 1.11 bits per heavy atom. The molecule has 0 aromatic rings. The second-order valence-electron chi connectivity index (χ2n) is 2.08. The Kier molecular flexibility index (Phi) is 21.0. The monoisotopic (exact) mass is 144 g/mol. The van der Waals surface area contributed by atoms with Crippen molar-refractivity contribution < 1.29 is 35.4 Å². The third kappa shape index (κ3) is 694. The van der Waals surface area contributed by atoms with E-state index in [0.29, 0.717) is 0 Å². The molecule has 3 N–H and O–H groups in total. The molecule has 0 aromatic heterocycles. The largest absolute Gasteiger partial charge is 1.00 e. The molecule has 0 amide bonds. The third-order valence-electron chi connectivity index (χ3n) is 0. The van der Waals surface area contributed by atoms with E-state index in [4.69, 9.17) is 15.1 Å². The Morgan fingerprint density at radius 1 is 1.11 bits per heavy atom. The average Bonchev–Trinajstić information content (AvgIpc) is 1.25. The molecule has 52 valence electrons. The van der Waals surface area contributed by atoms with Gasteiger partial charge in [-0.15, -0.1) is 0 Å². The first-order chi connectivity index (χ1) is 3.46. The van der Waals surface area contributed by atoms with Crippen LogP contribution in [0.4, 0.5) is 0 Å². The topological polar surface area (TPSA) is 60.7 Å². The molecule has 0 aromatic carbocycles. The summed E-state index contributed by atoms with van der Waals surface area (Å²) in [6, 6.07) is 0. The molecule has 0 bridgehead atoms. The predicted molar refractivity (Wildman–Crippen MR) is 38.3 cm³/mol. The first-order valence-electron chi connectivity index (χ1n) is 2.51. The van der Waals surface area contributed by atoms with Gasteiger partial charge in [0, 0.05) is 8.80 Å². The molecular weight excluding hydrogens is 130 g/mol. The van der Waals surface area contributed by atoms with Gasteiger partial charge >= 0.3 is 26.2 Å². The molecule has 0 aliphatic heterocycles. The first kappa shape index (κ1) is 16.4. The van der Waals surface area contributed by atoms with Gasteiger partial charge in [0.25, 0.3) is 0 Å². The molecule has 9 heavy (non-hydrogen) atoms. The van der Waals surface area contributed by atoms with E-state index in [9.17, 15) is 0 Å². The van der Waals surface area contributed by atoms with Crippen molar-refractivity contribution in [2.24, 2.45) is 0 Å². The molecule has 0 radical (unpaired) electrons. The zero-order valence-corrected chi connectivity index (χ0v) is 7.65. The summed E-state index contributed by atoms with van der Waals surface area (Å²) in [5, 5.41) is 21.5. The summed E-state index contributed by atoms with van der Waals surface area (Å²) in [4.78, 5) is 0. The van der Waals surface area contributed by atoms with Crippen LogP contribution in [0.15, 0.2) is 0 Å². The van der Waals surface area contributed by atoms with Crippen LogP contribution in [0.3, 0.4) is 0 Å². The summed E-state index contributed by atoms with van der Waals surface area (Å²) in [7, 11) is -2.31. The molecule has 0 rings (SSSR count). The summed E-state index contributed by atoms with van der Waals surface area (Å²) in [5.41, 5.74) is 0. The van der Waals surface area contributed by atoms with Crippen LogP contribution >= 0.6 is 0 Å². The van der Waals surface area contributed by atoms with Gasteiger partial charge in [0.1, 0.15) is 0 Å². The Balaban J connectivity index is -0.0000000300. The molecule has 0 atom stereocenters. The van der Waals surface area contributed by atoms with E-state index < -0.39 is 7.32 Å². The summed E-state index contributed by atoms with van der Waals surface area (Å²) in [6.45, 7) is 6.92. The summed E-state index contributed by atoms with van der Waals surface area (Å²) < 4.78 is 0. The van der Waals surface area contributed by atoms with Crippen LogP contribution in [0.2, 0.25) is 19.6 Å². The van der Waals surface area contributed by atoms with E-state index in [-0.39, 0.29) is 29.1 Å². The van der Waals surface area contributed by atoms with Crippen LogP contribution in [0.25, 0.3) is 0 Å². The molecule has 0 fully saturated rings. The van der Waals surface area contributed by atoms with E-state index in [1.54, 1.807) is 0 Å². The van der Waals surface area contributed by atoms with Gasteiger partial charge in [0.2, 0.25) is 0 Å². The molecule has 0 aliphatic carbocycles. The molecule has 0 saturated carbocycles. The van der Waals surface area contributed by atoms with Crippen molar-refractivity contribution in [2.75, 3.05) is 0 Å². The maximum atomic E-state index is 7.17. The molecule has 0 saturated heterocycles. The van der Waals surface area contributed by atoms with Gasteiger partial charge < -0.3 is 16.5 Å². The van der Waals surface area contributed by atoms with Gasteiger partial charge in [0.15, 0.2) is 0 Å². The third-order valence-corrected chi connectivity index (χ3v) is 0. The van der Waals surface area contributed by atoms with Crippen LogP contribution in [0.5, 0.6) is 0 Å². The maximum Gasteiger partial charge on any atom is 1.00 e. The van der Waals surface area contributed by atoms with Crippen molar-refractivity contribution in [3.8, 4) is 0 Å². The van der Waals surface area contributed by atoms with Gasteiger partial charge in [-0.25, -0.2) is 0 Å². The SMILES string of the molecule is C[SiH](C)C.OB(O)O.[H-].[Li+]. The Morgan fingerprint density at radius 3 is 1.11 bits per heavy atom. The Labute approximate surface area is 71.5 Å². The Hall–Kier alpha value is 0.759. The standard InChI is InChI=1S/C3H10Si.BH3O3.Li.H/c1-4(2)3;2-1(3)4;;/h4H,1-3H3;2-4H;;/q;;+1;-1. The fourth-order valence-corrected chi connectivity index (χ4v) is 0. The van der Waals surface area contributed by atoms with Crippen molar-refractivity contribution in [1.82, 2.24) is 0 Å². The minimum absolute atomic E-state index is 0. The van der Waals surface area contributed by atoms with Crippen molar-refractivity contribution in [1.29, 1.82) is 0 Å². The minimum atomic E-state index is -2.17. The van der Waals surface area contributed by atoms with Crippen molar-refractivity contribution in [2.45, 2.75) is 19.6 Å². The van der Waals surface area contributed by atoms with E-state index in [1.165, 1.54) is 0 Å². The molecule has 3 nitrogen and oxygen atoms in total. The quantitative estimate of drug-likeness (QED) is 0.305. The molecule has 6 heteroatoms. The second-order valence-corrected chi connectivity index (χ2v) is 5.54. The number of hydrogen-bond acceptors (Lipinski definition) is 3. The minimum Gasteiger partial charge on any atom is -1.00 e. The fourth-order valence-electron chi connectivity index (χ4n) is 0. The molecule has 0 unspecified atom stereocenters. The van der Waals surface area contributed by atoms with Gasteiger partial charge in [-0.05, 0) is 0 Å². The van der Waals surface area contributed by atoms with Gasteiger partial charge in [-0.2, -0.15) is 0 Å². The first-order valence-corrected chi connectivity index (χ1v) is 5.97. The predicted octanol–water partition coefficient (Wildman–Crippen LogP) is -3.83. The van der Waals surface area contributed by atoms with Crippen LogP contribution in [0, 0.1) is 0 Å². The second kappa shape index (κ2) is 11.5. The van der Waals surface area contributed by atoms with Gasteiger partial charge in [-0.3, -0.25) is 0 Å². The Bertz CT molecular complexity index is 39.2. The van der Waals surface area contributed by atoms with E-state index >= 15 is 0 Å². The molecule has 0 heterocycles. The zero-order chi connectivity index (χ0) is 7.15. The molecule has 0 aliphatic rings. The number of hydrogen-bond donors (Lipinski definition) is 3. The van der Waals surface area contributed by atoms with Crippen molar-refractivity contribution in [3.05, 3.63) is 0 Å². The normalized spacial score (nSPS) is 7.00. The van der Waals surface area contributed by atoms with E-state index in [2.05, 4.69) is 19.6 Å². The maximum absolute atomic E-state index is 7.17. The fraction of sp³-hybridized carbons (Fsp3) is 1.00. The zero-order valence-electron chi connectivity index (χ0n) is 7.50. The van der Waals surface area contributed by atoms with Crippen LogP contribution in [0.1, 0.15) is 1.43 Å². The average molecular weight is 144 g/mol. The smallest absolute Gasteiger partial charge is 1.00 e. The molecular formula is C3H14BLiO3Si. The van der Waals surface area contributed by atoms with Gasteiger partial charge in [-0.1, -0.05) is 19.6 Å². The van der Waals surface area contributed by atoms with Crippen LogP contribution in [-0.4, -0.2) is 31.2 Å². The van der Waals surface area contributed by atoms with Gasteiger partial charge in [0.05, 0.1) is 0 Å². The van der Waals surface area contributed by atoms with E-state index in [0.717, 1.165) is 0 Å². The van der Waals surface area contributed by atoms with Crippen molar-refractivity contribution in [3.63, 3.8) is 0 Å².